The maximum Gasteiger partial charge on any atom is 0.332 e. The van der Waals surface area contributed by atoms with Gasteiger partial charge in [-0.1, -0.05) is 51.9 Å². The quantitative estimate of drug-likeness (QED) is 0.187. The number of amides is 2. The smallest absolute Gasteiger partial charge is 0.332 e. The van der Waals surface area contributed by atoms with Crippen molar-refractivity contribution < 1.29 is 37.4 Å². The molecule has 10 nitrogen and oxygen atoms in total. The summed E-state index contributed by atoms with van der Waals surface area (Å²) < 4.78 is 35.8. The molecule has 0 aliphatic carbocycles. The molecule has 1 aliphatic rings. The standard InChI is InChI=1S/C27H32N2O8S3/c1-18(31)28-23(27(33)29(2)3)17-38-39-24-9-8-19(14-30)12-20(24)10-11-36-16-26(32)37-15-22-13-21-6-4-5-7-25(21)40(22,34)35/h4-9,12-13,23,30H,10-11,14-17H2,1-3H3,(H,28,31). The Morgan fingerprint density at radius 2 is 1.88 bits per heavy atom. The molecule has 2 aromatic carbocycles. The predicted molar refractivity (Wildman–Crippen MR) is 154 cm³/mol. The molecule has 0 spiro atoms. The first kappa shape index (κ1) is 31.7. The molecule has 1 aliphatic heterocycles. The van der Waals surface area contributed by atoms with Crippen LogP contribution in [0.2, 0.25) is 0 Å². The first-order chi connectivity index (χ1) is 19.0. The number of rotatable bonds is 14. The summed E-state index contributed by atoms with van der Waals surface area (Å²) in [6.45, 7) is 0.696. The average Bonchev–Trinajstić information content (AvgIpc) is 3.18. The minimum Gasteiger partial charge on any atom is -0.458 e. The number of hydrogen-bond acceptors (Lipinski definition) is 10. The van der Waals surface area contributed by atoms with Crippen LogP contribution in [0.4, 0.5) is 0 Å². The Labute approximate surface area is 241 Å². The second-order valence-electron chi connectivity index (χ2n) is 9.07. The molecule has 2 amide bonds. The molecule has 0 radical (unpaired) electrons. The van der Waals surface area contributed by atoms with Crippen molar-refractivity contribution in [3.05, 3.63) is 64.1 Å². The van der Waals surface area contributed by atoms with E-state index in [1.807, 2.05) is 12.1 Å². The summed E-state index contributed by atoms with van der Waals surface area (Å²) in [6, 6.07) is 11.4. The van der Waals surface area contributed by atoms with Crippen LogP contribution in [0, 0.1) is 0 Å². The first-order valence-electron chi connectivity index (χ1n) is 12.3. The molecule has 40 heavy (non-hydrogen) atoms. The van der Waals surface area contributed by atoms with Gasteiger partial charge in [0.2, 0.25) is 21.7 Å². The highest BCUT2D eigenvalue weighted by Crippen LogP contribution is 2.35. The Kier molecular flexibility index (Phi) is 11.6. The van der Waals surface area contributed by atoms with E-state index in [1.54, 1.807) is 38.4 Å². The van der Waals surface area contributed by atoms with Crippen LogP contribution >= 0.6 is 21.6 Å². The number of fused-ring (bicyclic) bond motifs is 1. The number of esters is 1. The molecule has 2 N–H and O–H groups in total. The van der Waals surface area contributed by atoms with Gasteiger partial charge in [-0.3, -0.25) is 9.59 Å². The number of aliphatic hydroxyl groups is 1. The van der Waals surface area contributed by atoms with Gasteiger partial charge in [0.25, 0.3) is 0 Å². The molecular weight excluding hydrogens is 577 g/mol. The molecule has 0 aromatic heterocycles. The van der Waals surface area contributed by atoms with E-state index in [4.69, 9.17) is 9.47 Å². The van der Waals surface area contributed by atoms with Crippen LogP contribution in [0.1, 0.15) is 23.6 Å². The van der Waals surface area contributed by atoms with E-state index in [-0.39, 0.29) is 48.0 Å². The lowest BCUT2D eigenvalue weighted by atomic mass is 10.1. The summed E-state index contributed by atoms with van der Waals surface area (Å²) in [5.41, 5.74) is 2.17. The fourth-order valence-electron chi connectivity index (χ4n) is 3.79. The predicted octanol–water partition coefficient (Wildman–Crippen LogP) is 2.44. The topological polar surface area (TPSA) is 139 Å². The zero-order valence-electron chi connectivity index (χ0n) is 22.4. The van der Waals surface area contributed by atoms with Gasteiger partial charge in [-0.05, 0) is 41.3 Å². The molecule has 0 fully saturated rings. The third kappa shape index (κ3) is 8.58. The van der Waals surface area contributed by atoms with Crippen molar-refractivity contribution >= 4 is 55.3 Å². The molecule has 1 atom stereocenters. The largest absolute Gasteiger partial charge is 0.458 e. The number of aliphatic hydroxyl groups excluding tert-OH is 1. The maximum atomic E-state index is 12.6. The highest BCUT2D eigenvalue weighted by atomic mass is 33.1. The Morgan fingerprint density at radius 1 is 1.12 bits per heavy atom. The fourth-order valence-corrected chi connectivity index (χ4v) is 7.70. The van der Waals surface area contributed by atoms with Crippen LogP contribution < -0.4 is 5.32 Å². The lowest BCUT2D eigenvalue weighted by Crippen LogP contribution is -2.47. The van der Waals surface area contributed by atoms with Crippen LogP contribution in [-0.2, 0) is 46.7 Å². The van der Waals surface area contributed by atoms with Gasteiger partial charge in [-0.25, -0.2) is 13.2 Å². The Bertz CT molecular complexity index is 1380. The van der Waals surface area contributed by atoms with Crippen molar-refractivity contribution in [1.82, 2.24) is 10.2 Å². The molecule has 2 aromatic rings. The van der Waals surface area contributed by atoms with E-state index >= 15 is 0 Å². The van der Waals surface area contributed by atoms with Crippen LogP contribution in [0.15, 0.2) is 57.2 Å². The van der Waals surface area contributed by atoms with Crippen LogP contribution in [0.25, 0.3) is 6.08 Å². The van der Waals surface area contributed by atoms with Gasteiger partial charge < -0.3 is 24.8 Å². The number of carbonyl (C=O) groups excluding carboxylic acids is 3. The lowest BCUT2D eigenvalue weighted by Gasteiger charge is -2.20. The van der Waals surface area contributed by atoms with E-state index in [9.17, 15) is 27.9 Å². The molecule has 3 rings (SSSR count). The van der Waals surface area contributed by atoms with Crippen molar-refractivity contribution in [3.63, 3.8) is 0 Å². The molecular formula is C27H32N2O8S3. The van der Waals surface area contributed by atoms with E-state index < -0.39 is 21.8 Å². The summed E-state index contributed by atoms with van der Waals surface area (Å²) in [4.78, 5) is 38.6. The van der Waals surface area contributed by atoms with Crippen molar-refractivity contribution in [2.75, 3.05) is 39.7 Å². The van der Waals surface area contributed by atoms with Gasteiger partial charge in [-0.2, -0.15) is 0 Å². The van der Waals surface area contributed by atoms with Crippen LogP contribution in [-0.4, -0.2) is 81.9 Å². The number of nitrogens with zero attached hydrogens (tertiary/aromatic N) is 1. The van der Waals surface area contributed by atoms with Gasteiger partial charge >= 0.3 is 5.97 Å². The fraction of sp³-hybridized carbons (Fsp3) is 0.370. The van der Waals surface area contributed by atoms with E-state index in [0.29, 0.717) is 17.7 Å². The molecule has 216 valence electrons. The van der Waals surface area contributed by atoms with Crippen molar-refractivity contribution in [2.45, 2.75) is 35.8 Å². The zero-order valence-corrected chi connectivity index (χ0v) is 24.9. The van der Waals surface area contributed by atoms with Gasteiger partial charge in [0, 0.05) is 31.7 Å². The number of ether oxygens (including phenoxy) is 2. The van der Waals surface area contributed by atoms with Crippen molar-refractivity contribution in [3.8, 4) is 0 Å². The number of carbonyl (C=O) groups is 3. The highest BCUT2D eigenvalue weighted by Gasteiger charge is 2.30. The monoisotopic (exact) mass is 608 g/mol. The second-order valence-corrected chi connectivity index (χ2v) is 13.4. The average molecular weight is 609 g/mol. The molecule has 13 heteroatoms. The number of sulfone groups is 1. The number of hydrogen-bond donors (Lipinski definition) is 2. The maximum absolute atomic E-state index is 12.6. The first-order valence-corrected chi connectivity index (χ1v) is 16.1. The Balaban J connectivity index is 1.49. The van der Waals surface area contributed by atoms with Crippen LogP contribution in [0.3, 0.4) is 0 Å². The normalized spacial score (nSPS) is 14.2. The molecule has 1 heterocycles. The zero-order chi connectivity index (χ0) is 29.3. The van der Waals surface area contributed by atoms with E-state index in [2.05, 4.69) is 5.32 Å². The summed E-state index contributed by atoms with van der Waals surface area (Å²) in [5, 5.41) is 12.2. The molecule has 0 bridgehead atoms. The molecule has 0 saturated carbocycles. The summed E-state index contributed by atoms with van der Waals surface area (Å²) in [7, 11) is 2.44. The number of likely N-dealkylation sites (N-methyl/N-ethyl adjacent to an activating group) is 1. The van der Waals surface area contributed by atoms with Crippen molar-refractivity contribution in [2.24, 2.45) is 0 Å². The second kappa shape index (κ2) is 14.7. The summed E-state index contributed by atoms with van der Waals surface area (Å²) in [5.74, 6) is -0.829. The van der Waals surface area contributed by atoms with E-state index in [0.717, 1.165) is 16.0 Å². The summed E-state index contributed by atoms with van der Waals surface area (Å²) in [6.07, 6.45) is 1.93. The van der Waals surface area contributed by atoms with Gasteiger partial charge in [0.05, 0.1) is 23.0 Å². The molecule has 0 saturated heterocycles. The number of benzene rings is 2. The van der Waals surface area contributed by atoms with Crippen molar-refractivity contribution in [1.29, 1.82) is 0 Å². The van der Waals surface area contributed by atoms with Gasteiger partial charge in [0.15, 0.2) is 0 Å². The minimum atomic E-state index is -3.67. The molecule has 1 unspecified atom stereocenters. The van der Waals surface area contributed by atoms with Gasteiger partial charge in [-0.15, -0.1) is 0 Å². The third-order valence-corrected chi connectivity index (χ3v) is 10.1. The third-order valence-electron chi connectivity index (χ3n) is 5.79. The van der Waals surface area contributed by atoms with Crippen LogP contribution in [0.5, 0.6) is 0 Å². The van der Waals surface area contributed by atoms with Gasteiger partial charge in [0.1, 0.15) is 19.3 Å². The Morgan fingerprint density at radius 3 is 2.55 bits per heavy atom. The summed E-state index contributed by atoms with van der Waals surface area (Å²) >= 11 is 0. The number of nitrogens with one attached hydrogen (secondary N) is 1. The Hall–Kier alpha value is -2.84. The highest BCUT2D eigenvalue weighted by molar-refractivity contribution is 8.76. The minimum absolute atomic E-state index is 0.0232. The van der Waals surface area contributed by atoms with E-state index in [1.165, 1.54) is 45.6 Å². The SMILES string of the molecule is CC(=O)NC(CSSc1ccc(CO)cc1CCOCC(=O)OCC1=Cc2ccccc2S1(=O)=O)C(=O)N(C)C. The lowest BCUT2D eigenvalue weighted by molar-refractivity contribution is -0.147.